The molecule has 0 N–H and O–H groups in total. The van der Waals surface area contributed by atoms with Crippen LogP contribution in [0.25, 0.3) is 16.3 Å². The summed E-state index contributed by atoms with van der Waals surface area (Å²) in [6, 6.07) is 13.9. The van der Waals surface area contributed by atoms with Gasteiger partial charge in [-0.05, 0) is 86.8 Å². The van der Waals surface area contributed by atoms with Gasteiger partial charge in [0.1, 0.15) is 11.2 Å². The van der Waals surface area contributed by atoms with Gasteiger partial charge in [0.15, 0.2) is 0 Å². The molecule has 4 heteroatoms. The average molecular weight is 532 g/mol. The Balaban J connectivity index is 1.45. The third-order valence-corrected chi connectivity index (χ3v) is 10.1. The van der Waals surface area contributed by atoms with Crippen molar-refractivity contribution < 1.29 is 4.57 Å². The van der Waals surface area contributed by atoms with Gasteiger partial charge in [0, 0.05) is 23.6 Å². The Morgan fingerprint density at radius 1 is 1.03 bits per heavy atom. The predicted molar refractivity (Wildman–Crippen MR) is 164 cm³/mol. The summed E-state index contributed by atoms with van der Waals surface area (Å²) in [4.78, 5) is 4.18. The van der Waals surface area contributed by atoms with Crippen molar-refractivity contribution in [3.8, 4) is 0 Å². The van der Waals surface area contributed by atoms with Gasteiger partial charge in [-0.2, -0.15) is 4.57 Å². The summed E-state index contributed by atoms with van der Waals surface area (Å²) in [6.07, 6.45) is 12.4. The van der Waals surface area contributed by atoms with E-state index in [1.54, 1.807) is 5.57 Å². The number of anilines is 1. The Morgan fingerprint density at radius 3 is 2.59 bits per heavy atom. The van der Waals surface area contributed by atoms with Gasteiger partial charge in [-0.3, -0.25) is 0 Å². The molecule has 2 nitrogen and oxygen atoms in total. The van der Waals surface area contributed by atoms with E-state index in [2.05, 4.69) is 111 Å². The molecule has 0 fully saturated rings. The van der Waals surface area contributed by atoms with Crippen molar-refractivity contribution in [1.82, 2.24) is 0 Å². The van der Waals surface area contributed by atoms with E-state index in [-0.39, 0.29) is 0 Å². The first-order valence-electron chi connectivity index (χ1n) is 14.1. The second-order valence-corrected chi connectivity index (χ2v) is 14.1. The molecule has 2 aromatic carbocycles. The molecule has 0 bridgehead atoms. The number of aromatic nitrogens is 1. The maximum absolute atomic E-state index is 2.71. The van der Waals surface area contributed by atoms with Crippen molar-refractivity contribution in [2.75, 3.05) is 11.4 Å². The van der Waals surface area contributed by atoms with Gasteiger partial charge < -0.3 is 4.90 Å². The van der Waals surface area contributed by atoms with Crippen LogP contribution in [-0.2, 0) is 6.54 Å². The van der Waals surface area contributed by atoms with E-state index in [1.165, 1.54) is 74.7 Å². The average Bonchev–Trinajstić information content (AvgIpc) is 3.33. The maximum atomic E-state index is 2.71. The summed E-state index contributed by atoms with van der Waals surface area (Å²) < 4.78 is 3.88. The molecule has 0 radical (unpaired) electrons. The van der Waals surface area contributed by atoms with Gasteiger partial charge in [-0.25, -0.2) is 0 Å². The van der Waals surface area contributed by atoms with Gasteiger partial charge in [0.25, 0.3) is 5.01 Å². The summed E-state index contributed by atoms with van der Waals surface area (Å²) in [6.45, 7) is 16.1. The van der Waals surface area contributed by atoms with Crippen LogP contribution in [0.15, 0.2) is 58.5 Å². The van der Waals surface area contributed by atoms with E-state index < -0.39 is 0 Å². The highest BCUT2D eigenvalue weighted by Gasteiger charge is 2.33. The minimum atomic E-state index is 0.292. The summed E-state index contributed by atoms with van der Waals surface area (Å²) in [5.74, 6) is 0. The van der Waals surface area contributed by atoms with Gasteiger partial charge in [0.2, 0.25) is 5.52 Å². The zero-order valence-corrected chi connectivity index (χ0v) is 25.2. The molecular weight excluding hydrogens is 489 g/mol. The number of thiazole rings is 1. The number of hydrogen-bond acceptors (Lipinski definition) is 3. The van der Waals surface area contributed by atoms with Crippen LogP contribution >= 0.6 is 23.1 Å². The fourth-order valence-corrected chi connectivity index (χ4v) is 8.91. The molecular formula is C33H43N2S2+. The summed E-state index contributed by atoms with van der Waals surface area (Å²) >= 11 is 4.03. The number of fused-ring (bicyclic) bond motifs is 2. The lowest BCUT2D eigenvalue weighted by Gasteiger charge is -2.34. The van der Waals surface area contributed by atoms with Crippen molar-refractivity contribution >= 4 is 45.1 Å². The largest absolute Gasteiger partial charge is 0.358 e. The van der Waals surface area contributed by atoms with E-state index in [4.69, 9.17) is 0 Å². The van der Waals surface area contributed by atoms with Crippen molar-refractivity contribution in [3.05, 3.63) is 69.8 Å². The normalized spacial score (nSPS) is 20.1. The van der Waals surface area contributed by atoms with Gasteiger partial charge in [-0.1, -0.05) is 80.5 Å². The fourth-order valence-electron chi connectivity index (χ4n) is 6.11. The Kier molecular flexibility index (Phi) is 7.88. The van der Waals surface area contributed by atoms with Crippen LogP contribution in [0.4, 0.5) is 5.69 Å². The molecule has 2 aliphatic rings. The first-order chi connectivity index (χ1) is 17.8. The van der Waals surface area contributed by atoms with Crippen molar-refractivity contribution in [1.29, 1.82) is 0 Å². The number of benzene rings is 2. The quantitative estimate of drug-likeness (QED) is 0.211. The van der Waals surface area contributed by atoms with Gasteiger partial charge >= 0.3 is 0 Å². The number of rotatable bonds is 8. The monoisotopic (exact) mass is 531 g/mol. The Morgan fingerprint density at radius 2 is 1.81 bits per heavy atom. The molecule has 0 saturated heterocycles. The third kappa shape index (κ3) is 5.86. The SMILES string of the molecule is CCCCCN1c2ccc(C)cc2SC1CC1=CC(=Cc2sc3cc(C)ccc3[n+]2CC)CC(C)(C)C1. The first-order valence-corrected chi connectivity index (χ1v) is 15.8. The summed E-state index contributed by atoms with van der Waals surface area (Å²) in [5, 5.41) is 1.88. The molecule has 3 aromatic rings. The molecule has 5 rings (SSSR count). The van der Waals surface area contributed by atoms with Crippen LogP contribution < -0.4 is 9.47 Å². The molecule has 0 amide bonds. The summed E-state index contributed by atoms with van der Waals surface area (Å²) in [7, 11) is 0. The minimum absolute atomic E-state index is 0.292. The second kappa shape index (κ2) is 11.0. The number of hydrogen-bond donors (Lipinski definition) is 0. The van der Waals surface area contributed by atoms with E-state index in [1.807, 2.05) is 11.3 Å². The molecule has 2 heterocycles. The highest BCUT2D eigenvalue weighted by molar-refractivity contribution is 8.00. The lowest BCUT2D eigenvalue weighted by Crippen LogP contribution is -2.33. The van der Waals surface area contributed by atoms with E-state index >= 15 is 0 Å². The van der Waals surface area contributed by atoms with Crippen LogP contribution in [-0.4, -0.2) is 11.9 Å². The van der Waals surface area contributed by atoms with E-state index in [0.29, 0.717) is 10.8 Å². The predicted octanol–water partition coefficient (Wildman–Crippen LogP) is 9.47. The maximum Gasteiger partial charge on any atom is 0.263 e. The lowest BCUT2D eigenvalue weighted by molar-refractivity contribution is -0.665. The van der Waals surface area contributed by atoms with Crippen LogP contribution in [0.3, 0.4) is 0 Å². The number of unbranched alkanes of at least 4 members (excludes halogenated alkanes) is 2. The van der Waals surface area contributed by atoms with Crippen LogP contribution in [0.1, 0.15) is 82.4 Å². The molecule has 1 unspecified atom stereocenters. The Hall–Kier alpha value is -2.04. The molecule has 0 spiro atoms. The first kappa shape index (κ1) is 26.6. The lowest BCUT2D eigenvalue weighted by atomic mass is 9.74. The van der Waals surface area contributed by atoms with Crippen LogP contribution in [0.2, 0.25) is 0 Å². The number of nitrogens with zero attached hydrogens (tertiary/aromatic N) is 2. The Labute approximate surface area is 232 Å². The second-order valence-electron chi connectivity index (χ2n) is 11.8. The van der Waals surface area contributed by atoms with Crippen molar-refractivity contribution in [2.24, 2.45) is 5.41 Å². The van der Waals surface area contributed by atoms with Crippen molar-refractivity contribution in [3.63, 3.8) is 0 Å². The smallest absolute Gasteiger partial charge is 0.263 e. The van der Waals surface area contributed by atoms with Gasteiger partial charge in [0.05, 0.1) is 11.1 Å². The number of allylic oxidation sites excluding steroid dienone is 2. The topological polar surface area (TPSA) is 7.12 Å². The van der Waals surface area contributed by atoms with Gasteiger partial charge in [-0.15, -0.1) is 0 Å². The molecule has 1 aliphatic carbocycles. The summed E-state index contributed by atoms with van der Waals surface area (Å²) in [5.41, 5.74) is 8.92. The molecule has 1 aromatic heterocycles. The highest BCUT2D eigenvalue weighted by atomic mass is 32.2. The van der Waals surface area contributed by atoms with E-state index in [9.17, 15) is 0 Å². The molecule has 37 heavy (non-hydrogen) atoms. The Bertz CT molecular complexity index is 1340. The van der Waals surface area contributed by atoms with Crippen LogP contribution in [0.5, 0.6) is 0 Å². The number of aryl methyl sites for hydroxylation is 3. The zero-order valence-electron chi connectivity index (χ0n) is 23.6. The zero-order chi connectivity index (χ0) is 26.2. The standard InChI is InChI=1S/C33H43N2S2/c1-7-9-10-15-35-28-14-12-24(4)17-30(28)37-32(35)20-26-18-25(21-33(5,6)22-26)19-31-34(8-2)27-13-11-23(3)16-29(27)36-31/h11-14,16-19,32H,7-10,15,20-22H2,1-6H3/q+1. The number of thioether (sulfide) groups is 1. The molecule has 1 atom stereocenters. The molecule has 1 aliphatic heterocycles. The molecule has 0 saturated carbocycles. The van der Waals surface area contributed by atoms with Crippen molar-refractivity contribution in [2.45, 2.75) is 96.9 Å². The van der Waals surface area contributed by atoms with Crippen LogP contribution in [0, 0.1) is 19.3 Å². The third-order valence-electron chi connectivity index (χ3n) is 7.76. The minimum Gasteiger partial charge on any atom is -0.358 e. The van der Waals surface area contributed by atoms with E-state index in [0.717, 1.165) is 19.4 Å². The highest BCUT2D eigenvalue weighted by Crippen LogP contribution is 2.48. The fraction of sp³-hybridized carbons (Fsp3) is 0.485. The molecule has 196 valence electrons.